The summed E-state index contributed by atoms with van der Waals surface area (Å²) < 4.78 is 0. The molecule has 1 heteroatoms. The van der Waals surface area contributed by atoms with Gasteiger partial charge in [-0.05, 0) is 168 Å². The maximum Gasteiger partial charge on any atom is 0.152 e. The average Bonchev–Trinajstić information content (AvgIpc) is 3.73. The zero-order valence-corrected chi connectivity index (χ0v) is 35.5. The summed E-state index contributed by atoms with van der Waals surface area (Å²) in [6, 6.07) is 35.7. The van der Waals surface area contributed by atoms with Gasteiger partial charge in [-0.2, -0.15) is 0 Å². The van der Waals surface area contributed by atoms with E-state index in [0.29, 0.717) is 16.2 Å². The monoisotopic (exact) mass is 725 g/mol. The molecule has 5 fully saturated rings. The fourth-order valence-electron chi connectivity index (χ4n) is 14.3. The maximum absolute atomic E-state index is 4.98. The molecule has 3 aromatic carbocycles. The summed E-state index contributed by atoms with van der Waals surface area (Å²) in [5.41, 5.74) is 3.01. The van der Waals surface area contributed by atoms with Gasteiger partial charge in [0.1, 0.15) is 0 Å². The Kier molecular flexibility index (Phi) is 10.3. The second-order valence-corrected chi connectivity index (χ2v) is 25.4. The van der Waals surface area contributed by atoms with E-state index in [-0.39, 0.29) is 0 Å². The quantitative estimate of drug-likeness (QED) is 0.117. The van der Waals surface area contributed by atoms with E-state index in [4.69, 9.17) is 6.58 Å². The van der Waals surface area contributed by atoms with Gasteiger partial charge < -0.3 is 0 Å². The molecule has 5 saturated carbocycles. The van der Waals surface area contributed by atoms with Crippen LogP contribution < -0.4 is 15.6 Å². The van der Waals surface area contributed by atoms with Gasteiger partial charge in [0.2, 0.25) is 0 Å². The van der Waals surface area contributed by atoms with Crippen LogP contribution in [0.5, 0.6) is 0 Å². The van der Waals surface area contributed by atoms with E-state index in [1.807, 2.05) is 0 Å². The third-order valence-electron chi connectivity index (χ3n) is 17.0. The van der Waals surface area contributed by atoms with Gasteiger partial charge in [0.25, 0.3) is 0 Å². The standard InChI is InChI=1S/C52H72Si/c1-37(36-53(42-18-11-8-12-19-42,43-20-13-9-14-21-43)44-22-15-10-16-23-44)32-38-24-25-41(33-38)52(30-17-31-52)49-47-34-39(50(2,3)4)26-28-45(47)46-29-27-40(35-48(46)49)51(5,6)7/h8-16,18-23,38-41,45-49H,1,17,24-36H2,2-7H3. The Morgan fingerprint density at radius 1 is 0.585 bits per heavy atom. The predicted molar refractivity (Wildman–Crippen MR) is 231 cm³/mol. The SMILES string of the molecule is C=C(CC1CCC(C2(C3C4CC(C(C)(C)C)CCC4C4CCC(C(C)(C)C)CC43)CCC2)C1)C[Si](c1ccccc1)(c1ccccc1)c1ccccc1. The largest absolute Gasteiger partial charge is 0.152 e. The van der Waals surface area contributed by atoms with Crippen molar-refractivity contribution in [3.8, 4) is 0 Å². The summed E-state index contributed by atoms with van der Waals surface area (Å²) >= 11 is 0. The van der Waals surface area contributed by atoms with Crippen molar-refractivity contribution in [2.75, 3.05) is 0 Å². The molecule has 0 aliphatic heterocycles. The normalized spacial score (nSPS) is 32.8. The molecular formula is C52H72Si. The topological polar surface area (TPSA) is 0 Å². The number of hydrogen-bond acceptors (Lipinski definition) is 0. The third kappa shape index (κ3) is 6.91. The van der Waals surface area contributed by atoms with Crippen molar-refractivity contribution in [3.05, 3.63) is 103 Å². The predicted octanol–water partition coefficient (Wildman–Crippen LogP) is 12.5. The number of hydrogen-bond donors (Lipinski definition) is 0. The Morgan fingerprint density at radius 2 is 1.04 bits per heavy atom. The lowest BCUT2D eigenvalue weighted by atomic mass is 9.48. The van der Waals surface area contributed by atoms with E-state index in [1.165, 1.54) is 105 Å². The van der Waals surface area contributed by atoms with Crippen molar-refractivity contribution < 1.29 is 0 Å². The fourth-order valence-corrected chi connectivity index (χ4v) is 19.1. The molecule has 0 radical (unpaired) electrons. The van der Waals surface area contributed by atoms with Crippen molar-refractivity contribution in [1.29, 1.82) is 0 Å². The zero-order chi connectivity index (χ0) is 37.0. The highest BCUT2D eigenvalue weighted by Gasteiger charge is 2.64. The molecule has 53 heavy (non-hydrogen) atoms. The van der Waals surface area contributed by atoms with Crippen molar-refractivity contribution in [3.63, 3.8) is 0 Å². The minimum absolute atomic E-state index is 0.445. The summed E-state index contributed by atoms with van der Waals surface area (Å²) in [5, 5.41) is 4.55. The first-order valence-corrected chi connectivity index (χ1v) is 24.4. The van der Waals surface area contributed by atoms with E-state index in [0.717, 1.165) is 59.3 Å². The molecule has 0 amide bonds. The molecule has 0 nitrogen and oxygen atoms in total. The van der Waals surface area contributed by atoms with Crippen LogP contribution in [0.3, 0.4) is 0 Å². The summed E-state index contributed by atoms with van der Waals surface area (Å²) in [4.78, 5) is 0. The molecule has 3 aromatic rings. The van der Waals surface area contributed by atoms with Gasteiger partial charge in [-0.15, -0.1) is 6.58 Å². The number of fused-ring (bicyclic) bond motifs is 3. The zero-order valence-electron chi connectivity index (χ0n) is 34.5. The Morgan fingerprint density at radius 3 is 1.43 bits per heavy atom. The molecule has 0 heterocycles. The van der Waals surface area contributed by atoms with Crippen molar-refractivity contribution >= 4 is 23.6 Å². The summed E-state index contributed by atoms with van der Waals surface area (Å²) in [6.07, 6.45) is 19.3. The minimum atomic E-state index is -2.31. The van der Waals surface area contributed by atoms with Crippen molar-refractivity contribution in [2.24, 2.45) is 69.5 Å². The van der Waals surface area contributed by atoms with E-state index < -0.39 is 8.07 Å². The first kappa shape index (κ1) is 37.5. The molecular weight excluding hydrogens is 653 g/mol. The Hall–Kier alpha value is -2.38. The lowest BCUT2D eigenvalue weighted by molar-refractivity contribution is -0.0796. The lowest BCUT2D eigenvalue weighted by Gasteiger charge is -2.57. The summed E-state index contributed by atoms with van der Waals surface area (Å²) in [5.74, 6) is 8.56. The lowest BCUT2D eigenvalue weighted by Crippen LogP contribution is -2.67. The molecule has 0 saturated heterocycles. The molecule has 8 atom stereocenters. The number of benzene rings is 3. The molecule has 8 unspecified atom stereocenters. The van der Waals surface area contributed by atoms with Crippen LogP contribution in [0.1, 0.15) is 125 Å². The molecule has 0 N–H and O–H groups in total. The van der Waals surface area contributed by atoms with Gasteiger partial charge in [-0.3, -0.25) is 0 Å². The first-order chi connectivity index (χ1) is 25.4. The highest BCUT2D eigenvalue weighted by atomic mass is 28.3. The molecule has 0 spiro atoms. The van der Waals surface area contributed by atoms with Crippen LogP contribution in [0.2, 0.25) is 6.04 Å². The molecule has 0 aromatic heterocycles. The van der Waals surface area contributed by atoms with Gasteiger partial charge in [-0.1, -0.05) is 145 Å². The van der Waals surface area contributed by atoms with Gasteiger partial charge in [0.05, 0.1) is 0 Å². The Bertz CT molecular complexity index is 1530. The summed E-state index contributed by atoms with van der Waals surface area (Å²) in [7, 11) is -2.31. The van der Waals surface area contributed by atoms with Gasteiger partial charge in [0.15, 0.2) is 8.07 Å². The van der Waals surface area contributed by atoms with E-state index in [9.17, 15) is 0 Å². The van der Waals surface area contributed by atoms with Crippen molar-refractivity contribution in [1.82, 2.24) is 0 Å². The molecule has 8 rings (SSSR count). The highest BCUT2D eigenvalue weighted by molar-refractivity contribution is 7.11. The first-order valence-electron chi connectivity index (χ1n) is 22.2. The van der Waals surface area contributed by atoms with Crippen molar-refractivity contribution in [2.45, 2.75) is 131 Å². The Labute approximate surface area is 326 Å². The summed E-state index contributed by atoms with van der Waals surface area (Å²) in [6.45, 7) is 20.3. The fraction of sp³-hybridized carbons (Fsp3) is 0.615. The van der Waals surface area contributed by atoms with Crippen LogP contribution in [0.15, 0.2) is 103 Å². The van der Waals surface area contributed by atoms with E-state index in [2.05, 4.69) is 133 Å². The third-order valence-corrected chi connectivity index (χ3v) is 22.0. The van der Waals surface area contributed by atoms with Crippen LogP contribution in [0.4, 0.5) is 0 Å². The molecule has 5 aliphatic carbocycles. The maximum atomic E-state index is 4.98. The second-order valence-electron chi connectivity index (χ2n) is 21.5. The van der Waals surface area contributed by atoms with Gasteiger partial charge in [-0.25, -0.2) is 0 Å². The highest BCUT2D eigenvalue weighted by Crippen LogP contribution is 2.71. The van der Waals surface area contributed by atoms with Crippen LogP contribution in [0.25, 0.3) is 0 Å². The smallest absolute Gasteiger partial charge is 0.100 e. The second kappa shape index (κ2) is 14.6. The van der Waals surface area contributed by atoms with Crippen LogP contribution in [-0.4, -0.2) is 8.07 Å². The van der Waals surface area contributed by atoms with Crippen LogP contribution >= 0.6 is 0 Å². The average molecular weight is 725 g/mol. The van der Waals surface area contributed by atoms with Gasteiger partial charge >= 0.3 is 0 Å². The van der Waals surface area contributed by atoms with Crippen LogP contribution in [-0.2, 0) is 0 Å². The minimum Gasteiger partial charge on any atom is -0.100 e. The van der Waals surface area contributed by atoms with E-state index in [1.54, 1.807) is 0 Å². The molecule has 0 bridgehead atoms. The molecule has 284 valence electrons. The number of rotatable bonds is 9. The van der Waals surface area contributed by atoms with Gasteiger partial charge in [0, 0.05) is 0 Å². The number of allylic oxidation sites excluding steroid dienone is 1. The Balaban J connectivity index is 1.06. The molecule has 5 aliphatic rings. The van der Waals surface area contributed by atoms with Crippen LogP contribution in [0, 0.1) is 69.5 Å². The van der Waals surface area contributed by atoms with E-state index >= 15 is 0 Å².